The van der Waals surface area contributed by atoms with Crippen molar-refractivity contribution < 1.29 is 9.84 Å². The third-order valence-electron chi connectivity index (χ3n) is 4.85. The van der Waals surface area contributed by atoms with E-state index in [4.69, 9.17) is 21.4 Å². The molecule has 0 radical (unpaired) electrons. The van der Waals surface area contributed by atoms with Crippen LogP contribution in [0.3, 0.4) is 0 Å². The van der Waals surface area contributed by atoms with Gasteiger partial charge in [0, 0.05) is 6.04 Å². The molecule has 2 aliphatic rings. The summed E-state index contributed by atoms with van der Waals surface area (Å²) >= 11 is 6.07. The van der Waals surface area contributed by atoms with Crippen molar-refractivity contribution in [2.45, 2.75) is 31.4 Å². The summed E-state index contributed by atoms with van der Waals surface area (Å²) in [6, 6.07) is 0.417. The summed E-state index contributed by atoms with van der Waals surface area (Å²) in [5.41, 5.74) is 1.50. The number of imidazole rings is 1. The fraction of sp³-hybridized carbons (Fsp3) is 0.643. The van der Waals surface area contributed by atoms with Crippen molar-refractivity contribution in [3.63, 3.8) is 0 Å². The Morgan fingerprint density at radius 1 is 1.24 bits per heavy atom. The maximum absolute atomic E-state index is 8.88. The maximum atomic E-state index is 8.88. The first kappa shape index (κ1) is 13.4. The lowest BCUT2D eigenvalue weighted by Crippen LogP contribution is -2.27. The van der Waals surface area contributed by atoms with Gasteiger partial charge in [-0.25, -0.2) is 15.0 Å². The second kappa shape index (κ2) is 5.19. The van der Waals surface area contributed by atoms with E-state index < -0.39 is 0 Å². The number of hydrogen-bond donors (Lipinski definition) is 1. The van der Waals surface area contributed by atoms with Gasteiger partial charge in [0.25, 0.3) is 0 Å². The minimum absolute atomic E-state index is 0.0961. The summed E-state index contributed by atoms with van der Waals surface area (Å²) in [5.74, 6) is 1.16. The van der Waals surface area contributed by atoms with E-state index in [0.29, 0.717) is 41.3 Å². The van der Waals surface area contributed by atoms with Crippen molar-refractivity contribution in [3.8, 4) is 0 Å². The highest BCUT2D eigenvalue weighted by Gasteiger charge is 2.47. The van der Waals surface area contributed by atoms with Gasteiger partial charge in [-0.05, 0) is 31.1 Å². The molecule has 21 heavy (non-hydrogen) atoms. The molecule has 0 saturated heterocycles. The molecule has 6 nitrogen and oxygen atoms in total. The van der Waals surface area contributed by atoms with Gasteiger partial charge >= 0.3 is 0 Å². The molecule has 112 valence electrons. The van der Waals surface area contributed by atoms with Gasteiger partial charge in [0.1, 0.15) is 11.8 Å². The Kier molecular flexibility index (Phi) is 3.32. The molecule has 0 amide bonds. The monoisotopic (exact) mass is 308 g/mol. The van der Waals surface area contributed by atoms with Gasteiger partial charge in [-0.3, -0.25) is 0 Å². The average Bonchev–Trinajstić information content (AvgIpc) is 3.18. The second-order valence-corrected chi connectivity index (χ2v) is 6.27. The Morgan fingerprint density at radius 3 is 2.90 bits per heavy atom. The third-order valence-corrected chi connectivity index (χ3v) is 5.13. The van der Waals surface area contributed by atoms with Crippen LogP contribution in [0, 0.1) is 11.8 Å². The molecule has 2 aromatic rings. The van der Waals surface area contributed by atoms with Gasteiger partial charge in [-0.2, -0.15) is 0 Å². The van der Waals surface area contributed by atoms with Crippen LogP contribution in [-0.4, -0.2) is 43.9 Å². The molecular weight excluding hydrogens is 292 g/mol. The van der Waals surface area contributed by atoms with Crippen LogP contribution in [0.1, 0.15) is 25.3 Å². The number of nitrogens with zero attached hydrogens (tertiary/aromatic N) is 4. The summed E-state index contributed by atoms with van der Waals surface area (Å²) in [4.78, 5) is 12.7. The van der Waals surface area contributed by atoms with E-state index in [2.05, 4.69) is 19.5 Å². The fourth-order valence-corrected chi connectivity index (χ4v) is 4.18. The predicted molar refractivity (Wildman–Crippen MR) is 77.0 cm³/mol. The molecule has 0 aromatic carbocycles. The maximum Gasteiger partial charge on any atom is 0.165 e. The van der Waals surface area contributed by atoms with E-state index in [-0.39, 0.29) is 6.61 Å². The molecule has 2 saturated carbocycles. The lowest BCUT2D eigenvalue weighted by molar-refractivity contribution is -0.00745. The number of hydrogen-bond acceptors (Lipinski definition) is 5. The van der Waals surface area contributed by atoms with Gasteiger partial charge in [-0.15, -0.1) is 0 Å². The van der Waals surface area contributed by atoms with Crippen LogP contribution in [0.2, 0.25) is 5.15 Å². The highest BCUT2D eigenvalue weighted by molar-refractivity contribution is 6.33. The van der Waals surface area contributed by atoms with Crippen LogP contribution in [0.25, 0.3) is 11.2 Å². The first-order valence-corrected chi connectivity index (χ1v) is 7.71. The molecule has 7 heteroatoms. The lowest BCUT2D eigenvalue weighted by Gasteiger charge is -2.28. The number of aliphatic hydroxyl groups excluding tert-OH is 1. The topological polar surface area (TPSA) is 73.1 Å². The van der Waals surface area contributed by atoms with Crippen LogP contribution in [0.4, 0.5) is 0 Å². The van der Waals surface area contributed by atoms with Gasteiger partial charge < -0.3 is 14.4 Å². The lowest BCUT2D eigenvalue weighted by atomic mass is 9.93. The zero-order valence-electron chi connectivity index (χ0n) is 11.5. The number of halogens is 1. The molecular formula is C14H17ClN4O2. The number of rotatable bonds is 4. The first-order chi connectivity index (χ1) is 10.3. The predicted octanol–water partition coefficient (Wildman–Crippen LogP) is 1.83. The molecule has 0 aliphatic heterocycles. The fourth-order valence-electron chi connectivity index (χ4n) is 4.01. The smallest absolute Gasteiger partial charge is 0.165 e. The normalized spacial score (nSPS) is 31.3. The molecule has 2 aromatic heterocycles. The Bertz CT molecular complexity index is 661. The molecule has 2 heterocycles. The molecule has 0 spiro atoms. The van der Waals surface area contributed by atoms with Crippen LogP contribution in [-0.2, 0) is 4.74 Å². The first-order valence-electron chi connectivity index (χ1n) is 7.33. The highest BCUT2D eigenvalue weighted by Crippen LogP contribution is 2.52. The van der Waals surface area contributed by atoms with Gasteiger partial charge in [-0.1, -0.05) is 11.6 Å². The van der Waals surface area contributed by atoms with E-state index in [9.17, 15) is 0 Å². The molecule has 1 N–H and O–H groups in total. The van der Waals surface area contributed by atoms with Gasteiger partial charge in [0.05, 0.1) is 25.6 Å². The van der Waals surface area contributed by atoms with E-state index in [1.807, 2.05) is 6.33 Å². The molecule has 2 fully saturated rings. The summed E-state index contributed by atoms with van der Waals surface area (Å²) in [6.45, 7) is 0.536. The third kappa shape index (κ3) is 2.13. The van der Waals surface area contributed by atoms with Crippen LogP contribution >= 0.6 is 11.6 Å². The van der Waals surface area contributed by atoms with Crippen molar-refractivity contribution in [1.82, 2.24) is 19.5 Å². The van der Waals surface area contributed by atoms with E-state index in [0.717, 1.165) is 18.5 Å². The Hall–Kier alpha value is -1.24. The quantitative estimate of drug-likeness (QED) is 0.872. The minimum Gasteiger partial charge on any atom is -0.394 e. The number of aliphatic hydroxyl groups is 1. The Balaban J connectivity index is 1.58. The van der Waals surface area contributed by atoms with Crippen molar-refractivity contribution in [2.75, 3.05) is 13.2 Å². The van der Waals surface area contributed by atoms with Crippen LogP contribution < -0.4 is 0 Å². The summed E-state index contributed by atoms with van der Waals surface area (Å²) < 4.78 is 7.89. The van der Waals surface area contributed by atoms with Crippen molar-refractivity contribution >= 4 is 22.8 Å². The molecule has 4 atom stereocenters. The Labute approximate surface area is 127 Å². The number of fused-ring (bicyclic) bond motifs is 3. The van der Waals surface area contributed by atoms with Crippen molar-refractivity contribution in [2.24, 2.45) is 11.8 Å². The molecule has 4 rings (SSSR count). The van der Waals surface area contributed by atoms with E-state index in [1.54, 1.807) is 0 Å². The van der Waals surface area contributed by atoms with Gasteiger partial charge in [0.15, 0.2) is 10.8 Å². The van der Waals surface area contributed by atoms with Gasteiger partial charge in [0.2, 0.25) is 0 Å². The zero-order chi connectivity index (χ0) is 14.4. The zero-order valence-corrected chi connectivity index (χ0v) is 12.3. The molecule has 0 unspecified atom stereocenters. The van der Waals surface area contributed by atoms with E-state index in [1.165, 1.54) is 12.7 Å². The minimum atomic E-state index is 0.0961. The van der Waals surface area contributed by atoms with Crippen molar-refractivity contribution in [3.05, 3.63) is 17.8 Å². The summed E-state index contributed by atoms with van der Waals surface area (Å²) in [5, 5.41) is 9.29. The molecule has 2 aliphatic carbocycles. The largest absolute Gasteiger partial charge is 0.394 e. The standard InChI is InChI=1S/C14H17ClN4O2/c15-13-12-14(17-6-16-13)19(7-18-12)10-4-9-3-8(10)5-11(9)21-2-1-20/h6-11,20H,1-5H2/t8-,9-,10+,11+/m1/s1. The van der Waals surface area contributed by atoms with E-state index >= 15 is 0 Å². The molecule has 2 bridgehead atoms. The number of ether oxygens (including phenoxy) is 1. The van der Waals surface area contributed by atoms with Crippen molar-refractivity contribution in [1.29, 1.82) is 0 Å². The summed E-state index contributed by atoms with van der Waals surface area (Å²) in [6.07, 6.45) is 6.93. The number of aromatic nitrogens is 4. The van der Waals surface area contributed by atoms with Crippen LogP contribution in [0.15, 0.2) is 12.7 Å². The van der Waals surface area contributed by atoms with Crippen LogP contribution in [0.5, 0.6) is 0 Å². The Morgan fingerprint density at radius 2 is 2.14 bits per heavy atom. The second-order valence-electron chi connectivity index (χ2n) is 5.92. The SMILES string of the molecule is OCCO[C@H]1C[C@H]2C[C@@H]1C[C@@H]2n1cnc2c(Cl)ncnc21. The summed E-state index contributed by atoms with van der Waals surface area (Å²) in [7, 11) is 0. The average molecular weight is 309 g/mol. The highest BCUT2D eigenvalue weighted by atomic mass is 35.5.